The Morgan fingerprint density at radius 3 is 1.85 bits per heavy atom. The van der Waals surface area contributed by atoms with Crippen molar-refractivity contribution >= 4 is 0 Å². The van der Waals surface area contributed by atoms with Crippen LogP contribution in [0.5, 0.6) is 0 Å². The van der Waals surface area contributed by atoms with Crippen LogP contribution in [-0.2, 0) is 9.47 Å². The second-order valence-corrected chi connectivity index (χ2v) is 7.05. The summed E-state index contributed by atoms with van der Waals surface area (Å²) in [5.74, 6) is -6.31. The number of halogens is 9. The highest BCUT2D eigenvalue weighted by Crippen LogP contribution is 2.54. The number of ether oxygens (including phenoxy) is 2. The lowest BCUT2D eigenvalue weighted by Gasteiger charge is -2.45. The number of rotatable bonds is 6. The first-order valence-electron chi connectivity index (χ1n) is 7.82. The molecule has 0 aromatic rings. The number of hydrogen-bond acceptors (Lipinski definition) is 2. The van der Waals surface area contributed by atoms with Crippen LogP contribution < -0.4 is 0 Å². The largest absolute Gasteiger partial charge is 0.426 e. The Hall–Kier alpha value is -0.710. The summed E-state index contributed by atoms with van der Waals surface area (Å²) in [5.41, 5.74) is -7.80. The van der Waals surface area contributed by atoms with Gasteiger partial charge in [0.05, 0.1) is 0 Å². The Morgan fingerprint density at radius 1 is 0.962 bits per heavy atom. The smallest absolute Gasteiger partial charge is 0.359 e. The van der Waals surface area contributed by atoms with E-state index in [0.29, 0.717) is 0 Å². The van der Waals surface area contributed by atoms with Crippen molar-refractivity contribution in [1.82, 2.24) is 0 Å². The minimum Gasteiger partial charge on any atom is -0.359 e. The first-order chi connectivity index (χ1) is 11.5. The van der Waals surface area contributed by atoms with Crippen molar-refractivity contribution in [3.05, 3.63) is 0 Å². The van der Waals surface area contributed by atoms with Gasteiger partial charge in [0.2, 0.25) is 0 Å². The van der Waals surface area contributed by atoms with E-state index in [9.17, 15) is 39.5 Å². The molecular weight excluding hydrogens is 383 g/mol. The highest BCUT2D eigenvalue weighted by Gasteiger charge is 2.73. The molecule has 0 aliphatic heterocycles. The Morgan fingerprint density at radius 2 is 1.46 bits per heavy atom. The van der Waals surface area contributed by atoms with Crippen molar-refractivity contribution < 1.29 is 49.0 Å². The third kappa shape index (κ3) is 4.58. The van der Waals surface area contributed by atoms with E-state index in [1.165, 1.54) is 6.92 Å². The van der Waals surface area contributed by atoms with Gasteiger partial charge in [0.1, 0.15) is 6.79 Å². The molecule has 0 saturated heterocycles. The number of methoxy groups -OCH3 is 1. The molecule has 1 rings (SSSR count). The minimum atomic E-state index is -5.89. The summed E-state index contributed by atoms with van der Waals surface area (Å²) in [6, 6.07) is 0. The maximum Gasteiger partial charge on any atom is 0.426 e. The van der Waals surface area contributed by atoms with Gasteiger partial charge in [-0.1, -0.05) is 6.92 Å². The molecule has 1 saturated carbocycles. The van der Waals surface area contributed by atoms with Crippen molar-refractivity contribution in [2.24, 2.45) is 11.8 Å². The standard InChI is InChI=1S/C15H21F9O2/c1-9-4-10(6-12(18,5-9)11(2,16)17)7-13(14(19,20)21,15(22,23)24)26-8-25-3/h9-10H,4-8H2,1-3H3. The Balaban J connectivity index is 3.25. The zero-order chi connectivity index (χ0) is 20.6. The fourth-order valence-corrected chi connectivity index (χ4v) is 3.52. The van der Waals surface area contributed by atoms with Gasteiger partial charge in [0, 0.05) is 14.0 Å². The topological polar surface area (TPSA) is 18.5 Å². The SMILES string of the molecule is COCOC(CC1CC(C)CC(F)(C(C)(F)F)C1)(C(F)(F)F)C(F)(F)F. The number of alkyl halides is 9. The van der Waals surface area contributed by atoms with Gasteiger partial charge in [-0.25, -0.2) is 13.2 Å². The Bertz CT molecular complexity index is 455. The fraction of sp³-hybridized carbons (Fsp3) is 1.00. The molecule has 1 aliphatic rings. The molecule has 0 aromatic carbocycles. The maximum atomic E-state index is 14.6. The molecule has 0 radical (unpaired) electrons. The quantitative estimate of drug-likeness (QED) is 0.420. The van der Waals surface area contributed by atoms with Gasteiger partial charge in [-0.15, -0.1) is 0 Å². The summed E-state index contributed by atoms with van der Waals surface area (Å²) < 4.78 is 130. The average molecular weight is 404 g/mol. The number of hydrogen-bond donors (Lipinski definition) is 0. The summed E-state index contributed by atoms with van der Waals surface area (Å²) in [5, 5.41) is 0. The van der Waals surface area contributed by atoms with E-state index in [1.807, 2.05) is 0 Å². The van der Waals surface area contributed by atoms with Crippen molar-refractivity contribution in [1.29, 1.82) is 0 Å². The molecule has 156 valence electrons. The highest BCUT2D eigenvalue weighted by atomic mass is 19.4. The lowest BCUT2D eigenvalue weighted by molar-refractivity contribution is -0.397. The molecule has 0 heterocycles. The van der Waals surface area contributed by atoms with Crippen LogP contribution in [0, 0.1) is 11.8 Å². The third-order valence-corrected chi connectivity index (χ3v) is 4.72. The van der Waals surface area contributed by atoms with E-state index in [2.05, 4.69) is 9.47 Å². The maximum absolute atomic E-state index is 14.6. The van der Waals surface area contributed by atoms with Crippen molar-refractivity contribution in [2.45, 2.75) is 69.1 Å². The van der Waals surface area contributed by atoms with Gasteiger partial charge in [-0.05, 0) is 37.5 Å². The lowest BCUT2D eigenvalue weighted by atomic mass is 9.68. The van der Waals surface area contributed by atoms with Crippen LogP contribution in [0.25, 0.3) is 0 Å². The zero-order valence-corrected chi connectivity index (χ0v) is 14.4. The summed E-state index contributed by atoms with van der Waals surface area (Å²) in [6.07, 6.45) is -15.5. The van der Waals surface area contributed by atoms with Gasteiger partial charge in [-0.2, -0.15) is 26.3 Å². The van der Waals surface area contributed by atoms with Crippen LogP contribution >= 0.6 is 0 Å². The van der Waals surface area contributed by atoms with E-state index >= 15 is 0 Å². The van der Waals surface area contributed by atoms with Crippen LogP contribution in [0.3, 0.4) is 0 Å². The zero-order valence-electron chi connectivity index (χ0n) is 14.4. The summed E-state index contributed by atoms with van der Waals surface area (Å²) in [7, 11) is 0.838. The van der Waals surface area contributed by atoms with Gasteiger partial charge in [0.15, 0.2) is 5.67 Å². The first kappa shape index (κ1) is 23.3. The molecule has 1 fully saturated rings. The van der Waals surface area contributed by atoms with Crippen LogP contribution in [0.2, 0.25) is 0 Å². The van der Waals surface area contributed by atoms with Gasteiger partial charge in [0.25, 0.3) is 11.5 Å². The first-order valence-corrected chi connectivity index (χ1v) is 7.82. The van der Waals surface area contributed by atoms with Crippen LogP contribution in [-0.4, -0.2) is 43.4 Å². The van der Waals surface area contributed by atoms with Crippen LogP contribution in [0.15, 0.2) is 0 Å². The Labute approximate surface area is 145 Å². The van der Waals surface area contributed by atoms with Crippen LogP contribution in [0.4, 0.5) is 39.5 Å². The van der Waals surface area contributed by atoms with Crippen molar-refractivity contribution in [3.63, 3.8) is 0 Å². The van der Waals surface area contributed by atoms with E-state index < -0.39 is 67.4 Å². The van der Waals surface area contributed by atoms with E-state index in [-0.39, 0.29) is 13.3 Å². The van der Waals surface area contributed by atoms with Crippen molar-refractivity contribution in [2.75, 3.05) is 13.9 Å². The molecule has 0 spiro atoms. The van der Waals surface area contributed by atoms with Gasteiger partial charge in [-0.3, -0.25) is 0 Å². The summed E-state index contributed by atoms with van der Waals surface area (Å²) in [4.78, 5) is 0. The normalized spacial score (nSPS) is 29.1. The Kier molecular flexibility index (Phi) is 6.61. The van der Waals surface area contributed by atoms with Gasteiger partial charge < -0.3 is 9.47 Å². The monoisotopic (exact) mass is 404 g/mol. The molecule has 0 aromatic heterocycles. The van der Waals surface area contributed by atoms with Crippen molar-refractivity contribution in [3.8, 4) is 0 Å². The lowest BCUT2D eigenvalue weighted by Crippen LogP contribution is -2.61. The fourth-order valence-electron chi connectivity index (χ4n) is 3.52. The third-order valence-electron chi connectivity index (χ3n) is 4.72. The second-order valence-electron chi connectivity index (χ2n) is 7.05. The second kappa shape index (κ2) is 7.37. The molecule has 1 aliphatic carbocycles. The molecule has 3 unspecified atom stereocenters. The molecular formula is C15H21F9O2. The molecule has 26 heavy (non-hydrogen) atoms. The summed E-state index contributed by atoms with van der Waals surface area (Å²) in [6.45, 7) is 0.265. The summed E-state index contributed by atoms with van der Waals surface area (Å²) >= 11 is 0. The van der Waals surface area contributed by atoms with Crippen LogP contribution in [0.1, 0.15) is 39.5 Å². The van der Waals surface area contributed by atoms with E-state index in [1.54, 1.807) is 0 Å². The predicted molar refractivity (Wildman–Crippen MR) is 73.4 cm³/mol. The molecule has 0 N–H and O–H groups in total. The molecule has 11 heteroatoms. The molecule has 3 atom stereocenters. The predicted octanol–water partition coefficient (Wildman–Crippen LogP) is 5.66. The minimum absolute atomic E-state index is 0.258. The molecule has 2 nitrogen and oxygen atoms in total. The molecule has 0 bridgehead atoms. The van der Waals surface area contributed by atoms with E-state index in [0.717, 1.165) is 7.11 Å². The van der Waals surface area contributed by atoms with E-state index in [4.69, 9.17) is 0 Å². The average Bonchev–Trinajstić information content (AvgIpc) is 2.38. The molecule has 0 amide bonds. The highest BCUT2D eigenvalue weighted by molar-refractivity contribution is 5.03. The van der Waals surface area contributed by atoms with Gasteiger partial charge >= 0.3 is 12.4 Å².